The van der Waals surface area contributed by atoms with E-state index in [1.54, 1.807) is 0 Å². The lowest BCUT2D eigenvalue weighted by Crippen LogP contribution is -2.12. The van der Waals surface area contributed by atoms with E-state index in [0.717, 1.165) is 31.2 Å². The van der Waals surface area contributed by atoms with Gasteiger partial charge >= 0.3 is 0 Å². The lowest BCUT2D eigenvalue weighted by Gasteiger charge is -2.16. The largest absolute Gasteiger partial charge is 0.330 e. The molecule has 0 bridgehead atoms. The normalized spacial score (nSPS) is 16.3. The van der Waals surface area contributed by atoms with Gasteiger partial charge in [-0.25, -0.2) is 0 Å². The minimum absolute atomic E-state index is 0.737. The van der Waals surface area contributed by atoms with Crippen LogP contribution in [0.3, 0.4) is 0 Å². The molecule has 0 aromatic rings. The zero-order valence-electron chi connectivity index (χ0n) is 7.14. The van der Waals surface area contributed by atoms with Crippen molar-refractivity contribution in [3.63, 3.8) is 0 Å². The van der Waals surface area contributed by atoms with Crippen LogP contribution in [0.1, 0.15) is 26.7 Å². The van der Waals surface area contributed by atoms with Crippen molar-refractivity contribution in [3.05, 3.63) is 12.7 Å². The summed E-state index contributed by atoms with van der Waals surface area (Å²) in [6.07, 6.45) is 4.23. The van der Waals surface area contributed by atoms with Crippen molar-refractivity contribution in [3.8, 4) is 0 Å². The van der Waals surface area contributed by atoms with Crippen LogP contribution in [0.4, 0.5) is 0 Å². The minimum Gasteiger partial charge on any atom is -0.330 e. The number of hydrogen-bond acceptors (Lipinski definition) is 1. The quantitative estimate of drug-likeness (QED) is 0.583. The molecule has 60 valence electrons. The average Bonchev–Trinajstić information content (AvgIpc) is 1.89. The zero-order chi connectivity index (χ0) is 7.98. The predicted octanol–water partition coefficient (Wildman–Crippen LogP) is 2.18. The van der Waals surface area contributed by atoms with Crippen molar-refractivity contribution in [2.75, 3.05) is 6.54 Å². The van der Waals surface area contributed by atoms with E-state index >= 15 is 0 Å². The smallest absolute Gasteiger partial charge is 0.00746 e. The second-order valence-corrected chi connectivity index (χ2v) is 3.06. The van der Waals surface area contributed by atoms with Gasteiger partial charge in [0.25, 0.3) is 0 Å². The molecule has 0 aliphatic rings. The van der Waals surface area contributed by atoms with Gasteiger partial charge in [-0.2, -0.15) is 0 Å². The molecule has 0 aromatic carbocycles. The molecule has 0 aliphatic carbocycles. The molecule has 0 saturated carbocycles. The van der Waals surface area contributed by atoms with Crippen LogP contribution in [-0.4, -0.2) is 6.54 Å². The molecular formula is C9H19N. The summed E-state index contributed by atoms with van der Waals surface area (Å²) < 4.78 is 0. The van der Waals surface area contributed by atoms with Crippen LogP contribution >= 0.6 is 0 Å². The van der Waals surface area contributed by atoms with Gasteiger partial charge in [0.15, 0.2) is 0 Å². The standard InChI is InChI=1S/C9H19N/c1-4-5-8(2)9(3)6-7-10/h4,8-9H,1,5-7,10H2,2-3H3. The molecule has 2 unspecified atom stereocenters. The lowest BCUT2D eigenvalue weighted by atomic mass is 9.90. The highest BCUT2D eigenvalue weighted by Gasteiger charge is 2.08. The van der Waals surface area contributed by atoms with Crippen molar-refractivity contribution < 1.29 is 0 Å². The third kappa shape index (κ3) is 3.67. The molecular weight excluding hydrogens is 122 g/mol. The van der Waals surface area contributed by atoms with Crippen molar-refractivity contribution in [2.24, 2.45) is 17.6 Å². The fourth-order valence-corrected chi connectivity index (χ4v) is 1.04. The summed E-state index contributed by atoms with van der Waals surface area (Å²) >= 11 is 0. The van der Waals surface area contributed by atoms with Gasteiger partial charge < -0.3 is 5.73 Å². The van der Waals surface area contributed by atoms with E-state index in [-0.39, 0.29) is 0 Å². The van der Waals surface area contributed by atoms with Crippen molar-refractivity contribution >= 4 is 0 Å². The van der Waals surface area contributed by atoms with Crippen molar-refractivity contribution in [1.82, 2.24) is 0 Å². The third-order valence-corrected chi connectivity index (χ3v) is 2.13. The van der Waals surface area contributed by atoms with E-state index < -0.39 is 0 Å². The lowest BCUT2D eigenvalue weighted by molar-refractivity contribution is 0.372. The first kappa shape index (κ1) is 9.70. The Morgan fingerprint density at radius 2 is 2.00 bits per heavy atom. The van der Waals surface area contributed by atoms with E-state index in [9.17, 15) is 0 Å². The Morgan fingerprint density at radius 3 is 2.40 bits per heavy atom. The van der Waals surface area contributed by atoms with Crippen LogP contribution in [0.25, 0.3) is 0 Å². The second-order valence-electron chi connectivity index (χ2n) is 3.06. The number of nitrogens with two attached hydrogens (primary N) is 1. The van der Waals surface area contributed by atoms with E-state index in [4.69, 9.17) is 5.73 Å². The monoisotopic (exact) mass is 141 g/mol. The van der Waals surface area contributed by atoms with Gasteiger partial charge in [-0.1, -0.05) is 19.9 Å². The summed E-state index contributed by atoms with van der Waals surface area (Å²) in [5, 5.41) is 0. The molecule has 2 N–H and O–H groups in total. The molecule has 0 saturated heterocycles. The van der Waals surface area contributed by atoms with Crippen LogP contribution in [-0.2, 0) is 0 Å². The molecule has 0 heterocycles. The van der Waals surface area contributed by atoms with Crippen LogP contribution < -0.4 is 5.73 Å². The Kier molecular flexibility index (Phi) is 5.32. The highest BCUT2D eigenvalue weighted by atomic mass is 14.5. The molecule has 0 spiro atoms. The van der Waals surface area contributed by atoms with Gasteiger partial charge in [-0.15, -0.1) is 6.58 Å². The molecule has 10 heavy (non-hydrogen) atoms. The molecule has 0 radical (unpaired) electrons. The molecule has 0 amide bonds. The minimum atomic E-state index is 0.737. The fourth-order valence-electron chi connectivity index (χ4n) is 1.04. The summed E-state index contributed by atoms with van der Waals surface area (Å²) in [6.45, 7) is 9.02. The van der Waals surface area contributed by atoms with Gasteiger partial charge in [0, 0.05) is 0 Å². The summed E-state index contributed by atoms with van der Waals surface area (Å²) in [7, 11) is 0. The molecule has 2 atom stereocenters. The second kappa shape index (κ2) is 5.48. The number of hydrogen-bond donors (Lipinski definition) is 1. The fraction of sp³-hybridized carbons (Fsp3) is 0.778. The van der Waals surface area contributed by atoms with Gasteiger partial charge in [-0.3, -0.25) is 0 Å². The average molecular weight is 141 g/mol. The van der Waals surface area contributed by atoms with E-state index in [0.29, 0.717) is 0 Å². The van der Waals surface area contributed by atoms with E-state index in [2.05, 4.69) is 20.4 Å². The zero-order valence-corrected chi connectivity index (χ0v) is 7.14. The Labute approximate surface area is 64.3 Å². The highest BCUT2D eigenvalue weighted by molar-refractivity contribution is 4.73. The van der Waals surface area contributed by atoms with Gasteiger partial charge in [0.05, 0.1) is 0 Å². The van der Waals surface area contributed by atoms with Crippen LogP contribution in [0.5, 0.6) is 0 Å². The maximum absolute atomic E-state index is 5.44. The Bertz CT molecular complexity index is 88.7. The molecule has 0 rings (SSSR count). The third-order valence-electron chi connectivity index (χ3n) is 2.13. The highest BCUT2D eigenvalue weighted by Crippen LogP contribution is 2.17. The summed E-state index contributed by atoms with van der Waals surface area (Å²) in [4.78, 5) is 0. The maximum Gasteiger partial charge on any atom is -0.00746 e. The summed E-state index contributed by atoms with van der Waals surface area (Å²) in [5.74, 6) is 1.48. The summed E-state index contributed by atoms with van der Waals surface area (Å²) in [6, 6.07) is 0. The predicted molar refractivity (Wildman–Crippen MR) is 46.8 cm³/mol. The van der Waals surface area contributed by atoms with Crippen LogP contribution in [0, 0.1) is 11.8 Å². The van der Waals surface area contributed by atoms with Crippen LogP contribution in [0.15, 0.2) is 12.7 Å². The Hall–Kier alpha value is -0.300. The van der Waals surface area contributed by atoms with Gasteiger partial charge in [0.1, 0.15) is 0 Å². The molecule has 1 nitrogen and oxygen atoms in total. The van der Waals surface area contributed by atoms with Gasteiger partial charge in [-0.05, 0) is 31.2 Å². The first-order chi connectivity index (χ1) is 4.72. The SMILES string of the molecule is C=CCC(C)C(C)CCN. The molecule has 0 fully saturated rings. The van der Waals surface area contributed by atoms with Gasteiger partial charge in [0.2, 0.25) is 0 Å². The number of rotatable bonds is 5. The van der Waals surface area contributed by atoms with Crippen molar-refractivity contribution in [2.45, 2.75) is 26.7 Å². The first-order valence-electron chi connectivity index (χ1n) is 4.03. The molecule has 0 aliphatic heterocycles. The van der Waals surface area contributed by atoms with Crippen molar-refractivity contribution in [1.29, 1.82) is 0 Å². The summed E-state index contributed by atoms with van der Waals surface area (Å²) in [5.41, 5.74) is 5.44. The Morgan fingerprint density at radius 1 is 1.40 bits per heavy atom. The Balaban J connectivity index is 3.47. The molecule has 1 heteroatoms. The maximum atomic E-state index is 5.44. The number of allylic oxidation sites excluding steroid dienone is 1. The van der Waals surface area contributed by atoms with E-state index in [1.807, 2.05) is 6.08 Å². The molecule has 0 aromatic heterocycles. The topological polar surface area (TPSA) is 26.0 Å². The van der Waals surface area contributed by atoms with E-state index in [1.165, 1.54) is 0 Å². The first-order valence-corrected chi connectivity index (χ1v) is 4.03. The van der Waals surface area contributed by atoms with Crippen LogP contribution in [0.2, 0.25) is 0 Å².